The minimum absolute atomic E-state index is 0.332. The van der Waals surface area contributed by atoms with E-state index in [4.69, 9.17) is 4.74 Å². The maximum absolute atomic E-state index is 5.56. The van der Waals surface area contributed by atoms with E-state index < -0.39 is 0 Å². The van der Waals surface area contributed by atoms with Crippen molar-refractivity contribution in [2.75, 3.05) is 13.2 Å². The molecule has 0 radical (unpaired) electrons. The summed E-state index contributed by atoms with van der Waals surface area (Å²) in [7, 11) is 0. The van der Waals surface area contributed by atoms with Crippen LogP contribution in [0.15, 0.2) is 0 Å². The van der Waals surface area contributed by atoms with E-state index in [0.717, 1.165) is 13.2 Å². The number of hydrogen-bond acceptors (Lipinski definition) is 1. The molecular weight excluding hydrogens is 432 g/mol. The third-order valence-electron chi connectivity index (χ3n) is 1.62. The van der Waals surface area contributed by atoms with Crippen LogP contribution in [0.3, 0.4) is 0 Å². The van der Waals surface area contributed by atoms with Gasteiger partial charge in [0.15, 0.2) is 0 Å². The Bertz CT molecular complexity index is 115. The highest BCUT2D eigenvalue weighted by Crippen LogP contribution is 2.21. The van der Waals surface area contributed by atoms with Gasteiger partial charge in [-0.1, -0.05) is 77.6 Å². The Kier molecular flexibility index (Phi) is 9.25. The first-order valence-electron chi connectivity index (χ1n) is 4.09. The van der Waals surface area contributed by atoms with Crippen LogP contribution in [0, 0.1) is 11.8 Å². The lowest BCUT2D eigenvalue weighted by Gasteiger charge is -2.16. The summed E-state index contributed by atoms with van der Waals surface area (Å²) in [5, 5.41) is 0. The van der Waals surface area contributed by atoms with Gasteiger partial charge in [-0.05, 0) is 0 Å². The Labute approximate surface area is 114 Å². The summed E-state index contributed by atoms with van der Waals surface area (Å²) in [4.78, 5) is 0. The van der Waals surface area contributed by atoms with Crippen molar-refractivity contribution in [3.63, 3.8) is 0 Å². The van der Waals surface area contributed by atoms with E-state index in [-0.39, 0.29) is 0 Å². The van der Waals surface area contributed by atoms with Gasteiger partial charge in [-0.3, -0.25) is 0 Å². The van der Waals surface area contributed by atoms with E-state index in [1.807, 2.05) is 0 Å². The molecule has 0 fully saturated rings. The fourth-order valence-electron chi connectivity index (χ4n) is 0.585. The molecule has 0 aliphatic carbocycles. The molecular formula is C8H14Br4O. The standard InChI is InChI=1S/C8H14Br4O/c1-5(7(9)10)3-13-4-6(2)8(11)12/h5-8H,3-4H2,1-2H3. The zero-order chi connectivity index (χ0) is 10.4. The van der Waals surface area contributed by atoms with E-state index >= 15 is 0 Å². The number of halogens is 4. The van der Waals surface area contributed by atoms with Crippen molar-refractivity contribution in [1.82, 2.24) is 0 Å². The second-order valence-corrected chi connectivity index (χ2v) is 9.56. The van der Waals surface area contributed by atoms with Crippen LogP contribution in [0.5, 0.6) is 0 Å². The molecule has 0 N–H and O–H groups in total. The SMILES string of the molecule is CC(COCC(C)C(Br)Br)C(Br)Br. The number of ether oxygens (including phenoxy) is 1. The minimum Gasteiger partial charge on any atom is -0.381 e. The molecule has 1 nitrogen and oxygen atoms in total. The second kappa shape index (κ2) is 8.08. The monoisotopic (exact) mass is 442 g/mol. The minimum atomic E-state index is 0.332. The maximum atomic E-state index is 5.56. The summed E-state index contributed by atoms with van der Waals surface area (Å²) in [6.07, 6.45) is 0. The van der Waals surface area contributed by atoms with Crippen molar-refractivity contribution in [3.8, 4) is 0 Å². The Morgan fingerprint density at radius 3 is 1.38 bits per heavy atom. The van der Waals surface area contributed by atoms with Crippen molar-refractivity contribution in [3.05, 3.63) is 0 Å². The summed E-state index contributed by atoms with van der Waals surface area (Å²) in [6.45, 7) is 5.83. The van der Waals surface area contributed by atoms with E-state index in [2.05, 4.69) is 77.6 Å². The third-order valence-corrected chi connectivity index (χ3v) is 5.23. The molecule has 2 atom stereocenters. The molecule has 0 heterocycles. The van der Waals surface area contributed by atoms with Crippen molar-refractivity contribution >= 4 is 63.7 Å². The Balaban J connectivity index is 3.45. The van der Waals surface area contributed by atoms with Crippen LogP contribution in [-0.2, 0) is 4.74 Å². The van der Waals surface area contributed by atoms with E-state index in [9.17, 15) is 0 Å². The van der Waals surface area contributed by atoms with Gasteiger partial charge in [0, 0.05) is 11.8 Å². The molecule has 0 amide bonds. The van der Waals surface area contributed by atoms with Gasteiger partial charge >= 0.3 is 0 Å². The van der Waals surface area contributed by atoms with E-state index in [1.54, 1.807) is 0 Å². The molecule has 2 unspecified atom stereocenters. The quantitative estimate of drug-likeness (QED) is 0.547. The first-order valence-corrected chi connectivity index (χ1v) is 7.75. The van der Waals surface area contributed by atoms with Crippen LogP contribution in [0.2, 0.25) is 0 Å². The molecule has 80 valence electrons. The second-order valence-electron chi connectivity index (χ2n) is 3.16. The van der Waals surface area contributed by atoms with Gasteiger partial charge in [0.1, 0.15) is 0 Å². The molecule has 0 aliphatic heterocycles. The van der Waals surface area contributed by atoms with Crippen molar-refractivity contribution in [2.45, 2.75) is 21.3 Å². The van der Waals surface area contributed by atoms with Gasteiger partial charge in [0.05, 0.1) is 20.7 Å². The van der Waals surface area contributed by atoms with Crippen LogP contribution < -0.4 is 0 Å². The third kappa shape index (κ3) is 7.77. The van der Waals surface area contributed by atoms with Crippen LogP contribution in [-0.4, -0.2) is 20.7 Å². The van der Waals surface area contributed by atoms with Gasteiger partial charge in [-0.15, -0.1) is 0 Å². The molecule has 0 spiro atoms. The molecule has 0 bridgehead atoms. The summed E-state index contributed by atoms with van der Waals surface area (Å²) in [6, 6.07) is 0. The first-order chi connectivity index (χ1) is 5.95. The molecule has 0 aromatic carbocycles. The van der Waals surface area contributed by atoms with Gasteiger partial charge in [0.25, 0.3) is 0 Å². The average Bonchev–Trinajstić information content (AvgIpc) is 2.03. The van der Waals surface area contributed by atoms with Crippen LogP contribution in [0.4, 0.5) is 0 Å². The Morgan fingerprint density at radius 1 is 0.846 bits per heavy atom. The summed E-state index contributed by atoms with van der Waals surface area (Å²) >= 11 is 13.8. The number of alkyl halides is 4. The highest BCUT2D eigenvalue weighted by Gasteiger charge is 2.13. The maximum Gasteiger partial charge on any atom is 0.0745 e. The zero-order valence-electron chi connectivity index (χ0n) is 7.64. The van der Waals surface area contributed by atoms with Gasteiger partial charge in [-0.2, -0.15) is 0 Å². The van der Waals surface area contributed by atoms with Crippen molar-refractivity contribution < 1.29 is 4.74 Å². The summed E-state index contributed by atoms with van der Waals surface area (Å²) in [5.74, 6) is 0.965. The summed E-state index contributed by atoms with van der Waals surface area (Å²) in [5.41, 5.74) is 0. The van der Waals surface area contributed by atoms with E-state index in [0.29, 0.717) is 19.3 Å². The fraction of sp³-hybridized carbons (Fsp3) is 1.00. The van der Waals surface area contributed by atoms with Crippen LogP contribution in [0.25, 0.3) is 0 Å². The Hall–Kier alpha value is 1.88. The fourth-order valence-corrected chi connectivity index (χ4v) is 1.20. The van der Waals surface area contributed by atoms with Crippen LogP contribution >= 0.6 is 63.7 Å². The largest absolute Gasteiger partial charge is 0.381 e. The van der Waals surface area contributed by atoms with Gasteiger partial charge in [-0.25, -0.2) is 0 Å². The van der Waals surface area contributed by atoms with E-state index in [1.165, 1.54) is 0 Å². The lowest BCUT2D eigenvalue weighted by molar-refractivity contribution is 0.0887. The number of hydrogen-bond donors (Lipinski definition) is 0. The molecule has 0 aromatic rings. The average molecular weight is 446 g/mol. The van der Waals surface area contributed by atoms with Crippen molar-refractivity contribution in [1.29, 1.82) is 0 Å². The van der Waals surface area contributed by atoms with Crippen molar-refractivity contribution in [2.24, 2.45) is 11.8 Å². The first kappa shape index (κ1) is 14.9. The smallest absolute Gasteiger partial charge is 0.0745 e. The molecule has 0 aromatic heterocycles. The predicted octanol–water partition coefficient (Wildman–Crippen LogP) is 4.51. The van der Waals surface area contributed by atoms with Gasteiger partial charge in [0.2, 0.25) is 0 Å². The molecule has 0 rings (SSSR count). The molecule has 0 saturated carbocycles. The van der Waals surface area contributed by atoms with Gasteiger partial charge < -0.3 is 4.74 Å². The molecule has 0 aliphatic rings. The Morgan fingerprint density at radius 2 is 1.15 bits per heavy atom. The lowest BCUT2D eigenvalue weighted by Crippen LogP contribution is -2.17. The highest BCUT2D eigenvalue weighted by atomic mass is 79.9. The van der Waals surface area contributed by atoms with Crippen LogP contribution in [0.1, 0.15) is 13.8 Å². The molecule has 0 saturated heterocycles. The summed E-state index contributed by atoms with van der Waals surface area (Å²) < 4.78 is 6.22. The predicted molar refractivity (Wildman–Crippen MR) is 72.4 cm³/mol. The topological polar surface area (TPSA) is 9.23 Å². The zero-order valence-corrected chi connectivity index (χ0v) is 14.0. The lowest BCUT2D eigenvalue weighted by atomic mass is 10.2. The highest BCUT2D eigenvalue weighted by molar-refractivity contribution is 9.25. The molecule has 5 heteroatoms. The molecule has 13 heavy (non-hydrogen) atoms. The number of rotatable bonds is 6. The normalized spacial score (nSPS) is 16.6.